The maximum atomic E-state index is 13.4. The third-order valence-electron chi connectivity index (χ3n) is 8.32. The van der Waals surface area contributed by atoms with E-state index in [1.54, 1.807) is 13.2 Å². The normalized spacial score (nSPS) is 20.8. The first-order valence-corrected chi connectivity index (χ1v) is 16.9. The highest BCUT2D eigenvalue weighted by Crippen LogP contribution is 2.31. The molecule has 2 unspecified atom stereocenters. The zero-order valence-corrected chi connectivity index (χ0v) is 25.7. The molecule has 2 aromatic rings. The fraction of sp³-hybridized carbons (Fsp3) is 0.562. The van der Waals surface area contributed by atoms with Gasteiger partial charge in [-0.3, -0.25) is 9.69 Å². The molecule has 0 bridgehead atoms. The molecule has 1 amide bonds. The van der Waals surface area contributed by atoms with Gasteiger partial charge >= 0.3 is 5.97 Å². The summed E-state index contributed by atoms with van der Waals surface area (Å²) in [6.45, 7) is 4.05. The van der Waals surface area contributed by atoms with Crippen LogP contribution in [0.5, 0.6) is 0 Å². The number of aryl methyl sites for hydroxylation is 1. The molecule has 2 N–H and O–H groups in total. The van der Waals surface area contributed by atoms with Crippen LogP contribution in [0.15, 0.2) is 42.5 Å². The first kappa shape index (κ1) is 32.1. The molecular weight excluding hydrogens is 556 g/mol. The van der Waals surface area contributed by atoms with Crippen molar-refractivity contribution in [2.75, 3.05) is 32.3 Å². The maximum Gasteiger partial charge on any atom is 0.326 e. The van der Waals surface area contributed by atoms with Gasteiger partial charge in [-0.1, -0.05) is 49.6 Å². The summed E-state index contributed by atoms with van der Waals surface area (Å²) in [6.07, 6.45) is 8.26. The molecule has 0 spiro atoms. The van der Waals surface area contributed by atoms with Gasteiger partial charge in [-0.25, -0.2) is 13.2 Å². The number of methoxy groups -OCH3 is 1. The second kappa shape index (κ2) is 14.6. The van der Waals surface area contributed by atoms with Crippen LogP contribution in [0.1, 0.15) is 66.4 Å². The summed E-state index contributed by atoms with van der Waals surface area (Å²) in [6, 6.07) is 12.3. The minimum atomic E-state index is -3.39. The van der Waals surface area contributed by atoms with E-state index < -0.39 is 27.8 Å². The van der Waals surface area contributed by atoms with E-state index in [0.29, 0.717) is 30.4 Å². The smallest absolute Gasteiger partial charge is 0.326 e. The summed E-state index contributed by atoms with van der Waals surface area (Å²) in [5, 5.41) is 12.2. The van der Waals surface area contributed by atoms with Crippen molar-refractivity contribution in [3.05, 3.63) is 59.2 Å². The molecular formula is C32H44N2O7S. The fourth-order valence-electron chi connectivity index (χ4n) is 6.11. The average molecular weight is 601 g/mol. The number of hydrogen-bond donors (Lipinski definition) is 2. The van der Waals surface area contributed by atoms with E-state index in [0.717, 1.165) is 48.8 Å². The summed E-state index contributed by atoms with van der Waals surface area (Å²) in [5.74, 6) is -2.16. The lowest BCUT2D eigenvalue weighted by Crippen LogP contribution is -2.42. The number of rotatable bonds is 13. The molecule has 1 aliphatic carbocycles. The number of aliphatic carboxylic acids is 1. The van der Waals surface area contributed by atoms with Crippen LogP contribution >= 0.6 is 0 Å². The zero-order chi connectivity index (χ0) is 30.3. The molecule has 2 aliphatic rings. The number of carboxylic acids is 1. The van der Waals surface area contributed by atoms with Gasteiger partial charge < -0.3 is 19.9 Å². The second-order valence-electron chi connectivity index (χ2n) is 11.8. The van der Waals surface area contributed by atoms with Crippen molar-refractivity contribution in [2.45, 2.75) is 82.7 Å². The summed E-state index contributed by atoms with van der Waals surface area (Å²) in [5.41, 5.74) is 3.92. The van der Waals surface area contributed by atoms with Crippen LogP contribution < -0.4 is 5.32 Å². The summed E-state index contributed by atoms with van der Waals surface area (Å²) in [7, 11) is -1.67. The molecule has 2 fully saturated rings. The van der Waals surface area contributed by atoms with E-state index in [1.165, 1.54) is 19.3 Å². The van der Waals surface area contributed by atoms with Crippen molar-refractivity contribution in [3.8, 4) is 11.1 Å². The van der Waals surface area contributed by atoms with Crippen molar-refractivity contribution in [2.24, 2.45) is 0 Å². The van der Waals surface area contributed by atoms with Crippen molar-refractivity contribution in [1.29, 1.82) is 0 Å². The summed E-state index contributed by atoms with van der Waals surface area (Å²) >= 11 is 0. The lowest BCUT2D eigenvalue weighted by molar-refractivity contribution is -0.139. The molecule has 1 saturated heterocycles. The Bertz CT molecular complexity index is 1340. The quantitative estimate of drug-likeness (QED) is 0.351. The SMILES string of the molecule is COCC1C[C@H](OC2CCCCC2)CN1Cc1ccc(C(=O)NC(CCS(C)(=O)=O)C(=O)O)c(-c2ccccc2C)c1. The summed E-state index contributed by atoms with van der Waals surface area (Å²) in [4.78, 5) is 27.7. The molecule has 42 heavy (non-hydrogen) atoms. The standard InChI is InChI=1S/C32H44N2O7S/c1-22-9-7-8-12-27(22)29-17-23(13-14-28(29)31(35)33-30(32(36)37)15-16-42(3,38)39)19-34-20-26(18-24(34)21-40-2)41-25-10-5-4-6-11-25/h7-9,12-14,17,24-26,30H,4-6,10-11,15-16,18-21H2,1-3H3,(H,33,35)(H,36,37)/t24?,26-,30?/m0/s1. The molecule has 0 aromatic heterocycles. The van der Waals surface area contributed by atoms with E-state index in [9.17, 15) is 23.1 Å². The van der Waals surface area contributed by atoms with E-state index in [-0.39, 0.29) is 24.3 Å². The Balaban J connectivity index is 1.57. The van der Waals surface area contributed by atoms with Gasteiger partial charge in [0.25, 0.3) is 5.91 Å². The number of carboxylic acid groups (broad SMARTS) is 1. The third kappa shape index (κ3) is 8.86. The average Bonchev–Trinajstić information content (AvgIpc) is 3.31. The van der Waals surface area contributed by atoms with Crippen LogP contribution in [-0.4, -0.2) is 86.9 Å². The van der Waals surface area contributed by atoms with E-state index in [4.69, 9.17) is 9.47 Å². The Kier molecular flexibility index (Phi) is 11.2. The van der Waals surface area contributed by atoms with Crippen molar-refractivity contribution in [1.82, 2.24) is 10.2 Å². The number of likely N-dealkylation sites (tertiary alicyclic amines) is 1. The Morgan fingerprint density at radius 3 is 2.48 bits per heavy atom. The first-order valence-electron chi connectivity index (χ1n) is 14.8. The minimum absolute atomic E-state index is 0.161. The number of carbonyl (C=O) groups excluding carboxylic acids is 1. The van der Waals surface area contributed by atoms with Crippen molar-refractivity contribution in [3.63, 3.8) is 0 Å². The maximum absolute atomic E-state index is 13.4. The number of ether oxygens (including phenoxy) is 2. The van der Waals surface area contributed by atoms with Crippen LogP contribution in [0, 0.1) is 6.92 Å². The number of hydrogen-bond acceptors (Lipinski definition) is 7. The molecule has 1 saturated carbocycles. The predicted molar refractivity (Wildman–Crippen MR) is 162 cm³/mol. The number of benzene rings is 2. The Morgan fingerprint density at radius 1 is 1.07 bits per heavy atom. The van der Waals surface area contributed by atoms with Gasteiger partial charge in [0.15, 0.2) is 0 Å². The topological polar surface area (TPSA) is 122 Å². The van der Waals surface area contributed by atoms with Gasteiger partial charge in [-0.2, -0.15) is 0 Å². The van der Waals surface area contributed by atoms with Crippen LogP contribution in [0.2, 0.25) is 0 Å². The molecule has 2 aromatic carbocycles. The van der Waals surface area contributed by atoms with Gasteiger partial charge in [0.05, 0.1) is 24.6 Å². The van der Waals surface area contributed by atoms with Gasteiger partial charge in [-0.05, 0) is 67.0 Å². The molecule has 4 rings (SSSR count). The lowest BCUT2D eigenvalue weighted by atomic mass is 9.93. The molecule has 1 heterocycles. The highest BCUT2D eigenvalue weighted by atomic mass is 32.2. The highest BCUT2D eigenvalue weighted by molar-refractivity contribution is 7.90. The number of carbonyl (C=O) groups is 2. The molecule has 230 valence electrons. The Morgan fingerprint density at radius 2 is 1.81 bits per heavy atom. The Labute approximate surface area is 249 Å². The number of nitrogens with zero attached hydrogens (tertiary/aromatic N) is 1. The fourth-order valence-corrected chi connectivity index (χ4v) is 6.78. The van der Waals surface area contributed by atoms with Crippen LogP contribution in [0.4, 0.5) is 0 Å². The van der Waals surface area contributed by atoms with Gasteiger partial charge in [0.1, 0.15) is 15.9 Å². The van der Waals surface area contributed by atoms with Crippen LogP contribution in [0.3, 0.4) is 0 Å². The third-order valence-corrected chi connectivity index (χ3v) is 9.29. The Hall–Kier alpha value is -2.79. The van der Waals surface area contributed by atoms with E-state index in [2.05, 4.69) is 10.2 Å². The minimum Gasteiger partial charge on any atom is -0.480 e. The lowest BCUT2D eigenvalue weighted by Gasteiger charge is -2.26. The molecule has 1 aliphatic heterocycles. The first-order chi connectivity index (χ1) is 20.0. The largest absolute Gasteiger partial charge is 0.480 e. The summed E-state index contributed by atoms with van der Waals surface area (Å²) < 4.78 is 35.3. The number of amides is 1. The molecule has 10 heteroatoms. The van der Waals surface area contributed by atoms with Gasteiger partial charge in [-0.15, -0.1) is 0 Å². The van der Waals surface area contributed by atoms with Crippen LogP contribution in [0.25, 0.3) is 11.1 Å². The molecule has 3 atom stereocenters. The zero-order valence-electron chi connectivity index (χ0n) is 24.9. The van der Waals surface area contributed by atoms with Crippen molar-refractivity contribution >= 4 is 21.7 Å². The number of sulfone groups is 1. The number of nitrogens with one attached hydrogen (secondary N) is 1. The molecule has 9 nitrogen and oxygen atoms in total. The van der Waals surface area contributed by atoms with E-state index >= 15 is 0 Å². The highest BCUT2D eigenvalue weighted by Gasteiger charge is 2.34. The second-order valence-corrected chi connectivity index (χ2v) is 14.0. The van der Waals surface area contributed by atoms with Crippen LogP contribution in [-0.2, 0) is 30.7 Å². The van der Waals surface area contributed by atoms with Gasteiger partial charge in [0, 0.05) is 38.1 Å². The predicted octanol–water partition coefficient (Wildman–Crippen LogP) is 4.22. The van der Waals surface area contributed by atoms with E-state index in [1.807, 2.05) is 43.3 Å². The van der Waals surface area contributed by atoms with Crippen molar-refractivity contribution < 1.29 is 32.6 Å². The van der Waals surface area contributed by atoms with Gasteiger partial charge in [0.2, 0.25) is 0 Å². The monoisotopic (exact) mass is 600 g/mol. The molecule has 0 radical (unpaired) electrons.